The van der Waals surface area contributed by atoms with Gasteiger partial charge in [-0.05, 0) is 85.7 Å². The molecule has 8 heteroatoms. The topological polar surface area (TPSA) is 59.5 Å². The van der Waals surface area contributed by atoms with Gasteiger partial charge in [0, 0.05) is 23.7 Å². The van der Waals surface area contributed by atoms with Gasteiger partial charge in [0.1, 0.15) is 12.4 Å². The number of nitrogens with zero attached hydrogens (tertiary/aromatic N) is 2. The molecule has 1 aliphatic rings. The Labute approximate surface area is 208 Å². The van der Waals surface area contributed by atoms with Crippen molar-refractivity contribution in [2.24, 2.45) is 4.99 Å². The van der Waals surface area contributed by atoms with Gasteiger partial charge in [-0.25, -0.2) is 4.99 Å². The van der Waals surface area contributed by atoms with Gasteiger partial charge in [0.05, 0.1) is 12.2 Å². The highest BCUT2D eigenvalue weighted by atomic mass is 19.4. The molecule has 1 aromatic heterocycles. The second-order valence-electron chi connectivity index (χ2n) is 8.54. The first-order chi connectivity index (χ1) is 17.4. The normalized spacial score (nSPS) is 13.9. The molecule has 188 valence electrons. The SMILES string of the molecule is Cc1cc(CCC2=CCOC(/C=C/c3ccc(C(F)(F)F)cc3)=N2)ccc1OCCCc1ccn[nH]1. The van der Waals surface area contributed by atoms with Gasteiger partial charge >= 0.3 is 6.18 Å². The lowest BCUT2D eigenvalue weighted by Crippen LogP contribution is -2.08. The zero-order chi connectivity index (χ0) is 25.4. The third kappa shape index (κ3) is 7.34. The van der Waals surface area contributed by atoms with Crippen LogP contribution in [0.3, 0.4) is 0 Å². The number of hydrogen-bond donors (Lipinski definition) is 1. The Balaban J connectivity index is 1.26. The van der Waals surface area contributed by atoms with Crippen LogP contribution in [0.1, 0.15) is 40.8 Å². The summed E-state index contributed by atoms with van der Waals surface area (Å²) in [4.78, 5) is 4.54. The minimum absolute atomic E-state index is 0.413. The van der Waals surface area contributed by atoms with Crippen LogP contribution in [-0.2, 0) is 23.8 Å². The van der Waals surface area contributed by atoms with E-state index in [9.17, 15) is 13.2 Å². The maximum Gasteiger partial charge on any atom is 0.416 e. The van der Waals surface area contributed by atoms with Crippen molar-refractivity contribution in [3.05, 3.63) is 101 Å². The Bertz CT molecular complexity index is 1230. The number of allylic oxidation sites excluding steroid dienone is 1. The van der Waals surface area contributed by atoms with Crippen LogP contribution >= 0.6 is 0 Å². The number of aromatic amines is 1. The van der Waals surface area contributed by atoms with Crippen LogP contribution in [0.2, 0.25) is 0 Å². The van der Waals surface area contributed by atoms with E-state index in [1.165, 1.54) is 17.7 Å². The average Bonchev–Trinajstić information content (AvgIpc) is 3.39. The van der Waals surface area contributed by atoms with E-state index < -0.39 is 11.7 Å². The first-order valence-corrected chi connectivity index (χ1v) is 11.8. The lowest BCUT2D eigenvalue weighted by molar-refractivity contribution is -0.137. The molecule has 0 saturated carbocycles. The smallest absolute Gasteiger partial charge is 0.416 e. The maximum atomic E-state index is 12.7. The highest BCUT2D eigenvalue weighted by molar-refractivity contribution is 5.93. The van der Waals surface area contributed by atoms with Crippen LogP contribution in [0.4, 0.5) is 13.2 Å². The number of hydrogen-bond acceptors (Lipinski definition) is 4. The monoisotopic (exact) mass is 495 g/mol. The number of benzene rings is 2. The summed E-state index contributed by atoms with van der Waals surface area (Å²) in [6.07, 6.45) is 6.12. The Morgan fingerprint density at radius 2 is 1.86 bits per heavy atom. The van der Waals surface area contributed by atoms with E-state index in [1.54, 1.807) is 18.3 Å². The molecule has 0 unspecified atom stereocenters. The summed E-state index contributed by atoms with van der Waals surface area (Å²) < 4.78 is 49.6. The number of ether oxygens (including phenoxy) is 2. The summed E-state index contributed by atoms with van der Waals surface area (Å²) in [7, 11) is 0. The van der Waals surface area contributed by atoms with Gasteiger partial charge in [0.25, 0.3) is 0 Å². The Morgan fingerprint density at radius 3 is 2.58 bits per heavy atom. The van der Waals surface area contributed by atoms with E-state index in [1.807, 2.05) is 25.1 Å². The molecule has 2 aromatic carbocycles. The summed E-state index contributed by atoms with van der Waals surface area (Å²) in [6, 6.07) is 13.2. The molecule has 0 radical (unpaired) electrons. The van der Waals surface area contributed by atoms with Crippen LogP contribution < -0.4 is 4.74 Å². The zero-order valence-electron chi connectivity index (χ0n) is 20.0. The van der Waals surface area contributed by atoms with Crippen molar-refractivity contribution in [3.63, 3.8) is 0 Å². The number of nitrogens with one attached hydrogen (secondary N) is 1. The molecule has 1 aliphatic heterocycles. The number of aliphatic imine (C=N–C) groups is 1. The fourth-order valence-electron chi connectivity index (χ4n) is 3.81. The van der Waals surface area contributed by atoms with Crippen LogP contribution in [0.15, 0.2) is 77.6 Å². The van der Waals surface area contributed by atoms with Crippen LogP contribution in [-0.4, -0.2) is 29.3 Å². The second-order valence-corrected chi connectivity index (χ2v) is 8.54. The van der Waals surface area contributed by atoms with E-state index in [0.717, 1.165) is 60.5 Å². The van der Waals surface area contributed by atoms with E-state index >= 15 is 0 Å². The molecule has 4 rings (SSSR count). The number of aryl methyl sites for hydroxylation is 3. The zero-order valence-corrected chi connectivity index (χ0v) is 20.0. The third-order valence-corrected chi connectivity index (χ3v) is 5.78. The predicted octanol–water partition coefficient (Wildman–Crippen LogP) is 6.71. The van der Waals surface area contributed by atoms with Crippen molar-refractivity contribution in [2.75, 3.05) is 13.2 Å². The maximum absolute atomic E-state index is 12.7. The molecule has 1 N–H and O–H groups in total. The number of aromatic nitrogens is 2. The highest BCUT2D eigenvalue weighted by Gasteiger charge is 2.29. The van der Waals surface area contributed by atoms with Gasteiger partial charge in [-0.2, -0.15) is 18.3 Å². The van der Waals surface area contributed by atoms with E-state index in [2.05, 4.69) is 27.3 Å². The lowest BCUT2D eigenvalue weighted by atomic mass is 10.0. The van der Waals surface area contributed by atoms with Crippen molar-refractivity contribution < 1.29 is 22.6 Å². The number of rotatable bonds is 10. The van der Waals surface area contributed by atoms with Crippen LogP contribution in [0.5, 0.6) is 5.75 Å². The second kappa shape index (κ2) is 11.7. The number of H-pyrrole nitrogens is 1. The largest absolute Gasteiger partial charge is 0.493 e. The molecule has 2 heterocycles. The standard InChI is InChI=1S/C28H28F3N3O2/c1-20-19-22(7-12-26(20)35-17-2-3-25-14-16-32-34-25)6-11-24-15-18-36-27(33-24)13-8-21-4-9-23(10-5-21)28(29,30)31/h4-5,7-10,12-16,19H,2-3,6,11,17-18H2,1H3,(H,32,34)/b13-8+. The molecule has 0 saturated heterocycles. The van der Waals surface area contributed by atoms with E-state index in [-0.39, 0.29) is 0 Å². The van der Waals surface area contributed by atoms with Gasteiger partial charge in [-0.1, -0.05) is 24.3 Å². The molecule has 5 nitrogen and oxygen atoms in total. The molecular formula is C28H28F3N3O2. The van der Waals surface area contributed by atoms with Crippen LogP contribution in [0.25, 0.3) is 6.08 Å². The van der Waals surface area contributed by atoms with Crippen molar-refractivity contribution in [1.29, 1.82) is 0 Å². The molecule has 36 heavy (non-hydrogen) atoms. The Hall–Kier alpha value is -3.81. The highest BCUT2D eigenvalue weighted by Crippen LogP contribution is 2.29. The van der Waals surface area contributed by atoms with Crippen molar-refractivity contribution >= 4 is 12.0 Å². The van der Waals surface area contributed by atoms with E-state index in [4.69, 9.17) is 9.47 Å². The molecule has 3 aromatic rings. The van der Waals surface area contributed by atoms with Gasteiger partial charge in [-0.3, -0.25) is 5.10 Å². The lowest BCUT2D eigenvalue weighted by Gasteiger charge is -2.13. The quantitative estimate of drug-likeness (QED) is 0.318. The molecule has 0 atom stereocenters. The van der Waals surface area contributed by atoms with E-state index in [0.29, 0.717) is 24.7 Å². The Kier molecular flexibility index (Phi) is 8.25. The molecule has 0 spiro atoms. The van der Waals surface area contributed by atoms with Crippen molar-refractivity contribution in [3.8, 4) is 5.75 Å². The van der Waals surface area contributed by atoms with Crippen molar-refractivity contribution in [2.45, 2.75) is 38.8 Å². The fourth-order valence-corrected chi connectivity index (χ4v) is 3.81. The number of halogens is 3. The average molecular weight is 496 g/mol. The summed E-state index contributed by atoms with van der Waals surface area (Å²) in [5, 5.41) is 6.90. The third-order valence-electron chi connectivity index (χ3n) is 5.78. The van der Waals surface area contributed by atoms with Gasteiger partial charge in [-0.15, -0.1) is 0 Å². The first-order valence-electron chi connectivity index (χ1n) is 11.8. The fraction of sp³-hybridized carbons (Fsp3) is 0.286. The summed E-state index contributed by atoms with van der Waals surface area (Å²) in [5.41, 5.74) is 4.29. The van der Waals surface area contributed by atoms with Gasteiger partial charge in [0.15, 0.2) is 0 Å². The minimum atomic E-state index is -4.34. The summed E-state index contributed by atoms with van der Waals surface area (Å²) in [6.45, 7) is 3.10. The van der Waals surface area contributed by atoms with Gasteiger partial charge < -0.3 is 9.47 Å². The van der Waals surface area contributed by atoms with Gasteiger partial charge in [0.2, 0.25) is 5.90 Å². The molecule has 0 fully saturated rings. The Morgan fingerprint density at radius 1 is 1.03 bits per heavy atom. The first kappa shape index (κ1) is 25.3. The molecule has 0 aliphatic carbocycles. The minimum Gasteiger partial charge on any atom is -0.493 e. The molecule has 0 bridgehead atoms. The molecule has 0 amide bonds. The molecular weight excluding hydrogens is 467 g/mol. The van der Waals surface area contributed by atoms with Crippen LogP contribution in [0, 0.1) is 6.92 Å². The number of alkyl halides is 3. The van der Waals surface area contributed by atoms with Crippen molar-refractivity contribution in [1.82, 2.24) is 10.2 Å². The predicted molar refractivity (Wildman–Crippen MR) is 134 cm³/mol. The summed E-state index contributed by atoms with van der Waals surface area (Å²) >= 11 is 0. The summed E-state index contributed by atoms with van der Waals surface area (Å²) in [5.74, 6) is 1.34.